The quantitative estimate of drug-likeness (QED) is 0.781. The highest BCUT2D eigenvalue weighted by atomic mass is 32.1. The van der Waals surface area contributed by atoms with Crippen LogP contribution < -0.4 is 10.4 Å². The summed E-state index contributed by atoms with van der Waals surface area (Å²) in [6.07, 6.45) is 9.99. The number of benzene rings is 2. The van der Waals surface area contributed by atoms with Crippen molar-refractivity contribution in [3.63, 3.8) is 0 Å². The van der Waals surface area contributed by atoms with Crippen molar-refractivity contribution in [2.45, 2.75) is 12.8 Å². The Morgan fingerprint density at radius 2 is 1.59 bits per heavy atom. The maximum atomic E-state index is 5.03. The molecule has 0 saturated carbocycles. The van der Waals surface area contributed by atoms with Crippen LogP contribution in [0.15, 0.2) is 73.1 Å². The summed E-state index contributed by atoms with van der Waals surface area (Å²) in [4.78, 5) is 0. The van der Waals surface area contributed by atoms with Crippen molar-refractivity contribution < 1.29 is 0 Å². The van der Waals surface area contributed by atoms with Crippen LogP contribution in [0.3, 0.4) is 0 Å². The zero-order valence-corrected chi connectivity index (χ0v) is 13.2. The smallest absolute Gasteiger partial charge is 0.0140 e. The highest BCUT2D eigenvalue weighted by Gasteiger charge is 2.08. The van der Waals surface area contributed by atoms with E-state index in [2.05, 4.69) is 61.2 Å². The Hall–Kier alpha value is -2.19. The van der Waals surface area contributed by atoms with Crippen LogP contribution >= 0.6 is 0 Å². The van der Waals surface area contributed by atoms with E-state index in [1.54, 1.807) is 4.31 Å². The van der Waals surface area contributed by atoms with Gasteiger partial charge >= 0.3 is 0 Å². The molecule has 0 unspecified atom stereocenters. The van der Waals surface area contributed by atoms with Crippen LogP contribution in [0.1, 0.15) is 11.1 Å². The first-order chi connectivity index (χ1) is 10.8. The zero-order chi connectivity index (χ0) is 15.4. The first-order valence-electron chi connectivity index (χ1n) is 7.39. The van der Waals surface area contributed by atoms with E-state index in [9.17, 15) is 0 Å². The number of rotatable bonds is 5. The third-order valence-electron chi connectivity index (χ3n) is 3.74. The van der Waals surface area contributed by atoms with Crippen LogP contribution in [0.4, 0.5) is 0 Å². The fraction of sp³-hybridized carbons (Fsp3) is 0.100. The Morgan fingerprint density at radius 1 is 0.955 bits per heavy atom. The fourth-order valence-electron chi connectivity index (χ4n) is 2.44. The van der Waals surface area contributed by atoms with E-state index >= 15 is 0 Å². The molecular weight excluding hydrogens is 286 g/mol. The maximum Gasteiger partial charge on any atom is 0.0140 e. The van der Waals surface area contributed by atoms with Gasteiger partial charge in [0, 0.05) is 12.1 Å². The molecule has 1 aliphatic rings. The third-order valence-corrected chi connectivity index (χ3v) is 4.08. The fourth-order valence-corrected chi connectivity index (χ4v) is 2.62. The van der Waals surface area contributed by atoms with Crippen LogP contribution in [-0.4, -0.2) is 4.31 Å². The van der Waals surface area contributed by atoms with Gasteiger partial charge in [-0.2, -0.15) is 0 Å². The first-order valence-corrected chi connectivity index (χ1v) is 7.75. The molecule has 2 heteroatoms. The summed E-state index contributed by atoms with van der Waals surface area (Å²) in [6, 6.07) is 17.1. The Morgan fingerprint density at radius 3 is 2.23 bits per heavy atom. The van der Waals surface area contributed by atoms with Crippen LogP contribution in [-0.2, 0) is 25.7 Å². The van der Waals surface area contributed by atoms with E-state index < -0.39 is 0 Å². The van der Waals surface area contributed by atoms with Gasteiger partial charge in [-0.15, -0.1) is 0 Å². The molecule has 0 aliphatic carbocycles. The lowest BCUT2D eigenvalue weighted by molar-refractivity contribution is 0.928. The summed E-state index contributed by atoms with van der Waals surface area (Å²) >= 11 is 5.03. The van der Waals surface area contributed by atoms with Gasteiger partial charge < -0.3 is 17.1 Å². The molecule has 0 saturated heterocycles. The van der Waals surface area contributed by atoms with Gasteiger partial charge in [0.15, 0.2) is 0 Å². The molecule has 1 nitrogen and oxygen atoms in total. The molecule has 110 valence electrons. The van der Waals surface area contributed by atoms with Gasteiger partial charge in [0.1, 0.15) is 0 Å². The van der Waals surface area contributed by atoms with Gasteiger partial charge in [-0.25, -0.2) is 0 Å². The second-order valence-electron chi connectivity index (χ2n) is 5.38. The molecule has 2 aromatic carbocycles. The van der Waals surface area contributed by atoms with Crippen molar-refractivity contribution in [3.8, 4) is 0 Å². The molecule has 3 rings (SSSR count). The van der Waals surface area contributed by atoms with E-state index in [1.807, 2.05) is 18.4 Å². The second-order valence-corrected chi connectivity index (χ2v) is 5.77. The molecular formula is C20H18NS-. The molecule has 0 aromatic heterocycles. The zero-order valence-electron chi connectivity index (χ0n) is 12.4. The maximum absolute atomic E-state index is 5.03. The van der Waals surface area contributed by atoms with Crippen LogP contribution in [0.5, 0.6) is 0 Å². The van der Waals surface area contributed by atoms with E-state index in [4.69, 9.17) is 12.8 Å². The van der Waals surface area contributed by atoms with Crippen molar-refractivity contribution in [1.82, 2.24) is 4.31 Å². The monoisotopic (exact) mass is 304 g/mol. The summed E-state index contributed by atoms with van der Waals surface area (Å²) in [6.45, 7) is 3.77. The summed E-state index contributed by atoms with van der Waals surface area (Å²) in [5, 5.41) is 2.46. The number of hydrogen-bond acceptors (Lipinski definition) is 2. The van der Waals surface area contributed by atoms with Crippen molar-refractivity contribution >= 4 is 25.0 Å². The number of nitrogens with zero attached hydrogens (tertiary/aromatic N) is 1. The summed E-state index contributed by atoms with van der Waals surface area (Å²) in [5.41, 5.74) is 3.85. The van der Waals surface area contributed by atoms with Crippen LogP contribution in [0.25, 0.3) is 12.2 Å². The van der Waals surface area contributed by atoms with Crippen molar-refractivity contribution in [1.29, 1.82) is 0 Å². The van der Waals surface area contributed by atoms with E-state index in [0.29, 0.717) is 0 Å². The highest BCUT2D eigenvalue weighted by Crippen LogP contribution is 2.23. The normalized spacial score (nSPS) is 15.0. The molecule has 2 aromatic rings. The topological polar surface area (TPSA) is 3.01 Å². The number of allylic oxidation sites excluding steroid dienone is 2. The van der Waals surface area contributed by atoms with Gasteiger partial charge in [-0.3, -0.25) is 0 Å². The third kappa shape index (κ3) is 3.71. The molecule has 0 fully saturated rings. The Kier molecular flexibility index (Phi) is 4.50. The van der Waals surface area contributed by atoms with Crippen molar-refractivity contribution in [2.24, 2.45) is 0 Å². The summed E-state index contributed by atoms with van der Waals surface area (Å²) in [5.74, 6) is 0. The lowest BCUT2D eigenvalue weighted by atomic mass is 10.1. The summed E-state index contributed by atoms with van der Waals surface area (Å²) < 4.78 is 1.76. The highest BCUT2D eigenvalue weighted by molar-refractivity contribution is 7.56. The minimum atomic E-state index is 0.929. The molecule has 0 spiro atoms. The molecule has 1 heterocycles. The van der Waals surface area contributed by atoms with E-state index in [1.165, 1.54) is 27.3 Å². The SMILES string of the molecule is C=C/C=c1/cccc/c1=C/Cc1ccc(CC2=CN2[S-])cc1. The minimum absolute atomic E-state index is 0.929. The minimum Gasteiger partial charge on any atom is -0.662 e. The average molecular weight is 304 g/mol. The summed E-state index contributed by atoms with van der Waals surface area (Å²) in [7, 11) is 0. The predicted octanol–water partition coefficient (Wildman–Crippen LogP) is 2.84. The lowest BCUT2D eigenvalue weighted by Crippen LogP contribution is -2.23. The molecule has 0 radical (unpaired) electrons. The molecule has 0 N–H and O–H groups in total. The molecule has 0 bridgehead atoms. The van der Waals surface area contributed by atoms with Crippen LogP contribution in [0.2, 0.25) is 0 Å². The van der Waals surface area contributed by atoms with Gasteiger partial charge in [-0.05, 0) is 34.2 Å². The van der Waals surface area contributed by atoms with E-state index in [-0.39, 0.29) is 0 Å². The van der Waals surface area contributed by atoms with Crippen molar-refractivity contribution in [2.75, 3.05) is 0 Å². The molecule has 1 aliphatic heterocycles. The lowest BCUT2D eigenvalue weighted by Gasteiger charge is -2.09. The molecule has 0 atom stereocenters. The molecule has 22 heavy (non-hydrogen) atoms. The average Bonchev–Trinajstić information content (AvgIpc) is 3.23. The van der Waals surface area contributed by atoms with Crippen molar-refractivity contribution in [3.05, 3.63) is 94.6 Å². The second kappa shape index (κ2) is 6.71. The Bertz CT molecular complexity index is 816. The van der Waals surface area contributed by atoms with E-state index in [0.717, 1.165) is 12.8 Å². The molecule has 0 amide bonds. The van der Waals surface area contributed by atoms with Gasteiger partial charge in [0.2, 0.25) is 0 Å². The number of hydrogen-bond donors (Lipinski definition) is 0. The predicted molar refractivity (Wildman–Crippen MR) is 96.0 cm³/mol. The largest absolute Gasteiger partial charge is 0.662 e. The van der Waals surface area contributed by atoms with Gasteiger partial charge in [-0.1, -0.05) is 73.3 Å². The Balaban J connectivity index is 1.74. The van der Waals surface area contributed by atoms with Crippen LogP contribution in [0, 0.1) is 0 Å². The first kappa shape index (κ1) is 14.7. The Labute approximate surface area is 137 Å². The van der Waals surface area contributed by atoms with Gasteiger partial charge in [0.05, 0.1) is 0 Å². The standard InChI is InChI=1S/C20H18NS/c1-2-5-18-6-3-4-7-19(18)13-12-16-8-10-17(11-9-16)14-20-15-21(20)22/h2-11,13,15H,1,12,14H2/q-1/b18-5-,19-13-. The van der Waals surface area contributed by atoms with Gasteiger partial charge in [0.25, 0.3) is 0 Å².